The highest BCUT2D eigenvalue weighted by Crippen LogP contribution is 2.56. The molecule has 0 radical (unpaired) electrons. The molecule has 4 unspecified atom stereocenters. The highest BCUT2D eigenvalue weighted by atomic mass is 16.5. The first-order valence-electron chi connectivity index (χ1n) is 13.3. The summed E-state index contributed by atoms with van der Waals surface area (Å²) in [4.78, 5) is 49.0. The summed E-state index contributed by atoms with van der Waals surface area (Å²) in [6.45, 7) is 4.21. The van der Waals surface area contributed by atoms with Crippen LogP contribution in [0.2, 0.25) is 0 Å². The Bertz CT molecular complexity index is 1740. The molecule has 0 bridgehead atoms. The van der Waals surface area contributed by atoms with Gasteiger partial charge in [-0.15, -0.1) is 0 Å². The number of amides is 2. The molecule has 196 valence electrons. The van der Waals surface area contributed by atoms with Crippen molar-refractivity contribution in [1.82, 2.24) is 14.9 Å². The minimum Gasteiger partial charge on any atom is -0.495 e. The predicted octanol–water partition coefficient (Wildman–Crippen LogP) is 3.78. The number of anilines is 1. The summed E-state index contributed by atoms with van der Waals surface area (Å²) < 4.78 is 7.17. The molecule has 4 aromatic rings. The van der Waals surface area contributed by atoms with Gasteiger partial charge in [0.2, 0.25) is 11.8 Å². The third-order valence-electron chi connectivity index (χ3n) is 8.41. The fraction of sp³-hybridized carbons (Fsp3) is 0.290. The molecule has 4 heterocycles. The number of carbonyl (C=O) groups is 2. The summed E-state index contributed by atoms with van der Waals surface area (Å²) in [5, 5.41) is 4.25. The molecule has 0 aliphatic carbocycles. The van der Waals surface area contributed by atoms with Gasteiger partial charge in [0, 0.05) is 11.6 Å². The number of hydrogen-bond acceptors (Lipinski definition) is 6. The molecule has 7 rings (SSSR count). The van der Waals surface area contributed by atoms with Gasteiger partial charge in [0.15, 0.2) is 0 Å². The van der Waals surface area contributed by atoms with Gasteiger partial charge >= 0.3 is 0 Å². The van der Waals surface area contributed by atoms with Gasteiger partial charge in [0.05, 0.1) is 41.2 Å². The van der Waals surface area contributed by atoms with Crippen molar-refractivity contribution in [3.8, 4) is 11.4 Å². The zero-order valence-corrected chi connectivity index (χ0v) is 21.9. The van der Waals surface area contributed by atoms with Crippen LogP contribution in [-0.4, -0.2) is 34.5 Å². The molecule has 8 nitrogen and oxygen atoms in total. The summed E-state index contributed by atoms with van der Waals surface area (Å²) in [6.07, 6.45) is 0.682. The van der Waals surface area contributed by atoms with Gasteiger partial charge in [-0.2, -0.15) is 0 Å². The highest BCUT2D eigenvalue weighted by Gasteiger charge is 2.69. The summed E-state index contributed by atoms with van der Waals surface area (Å²) in [7, 11) is 1.53. The molecular weight excluding hydrogens is 492 g/mol. The van der Waals surface area contributed by atoms with Crippen LogP contribution in [0.5, 0.6) is 5.75 Å². The lowest BCUT2D eigenvalue weighted by Gasteiger charge is -2.32. The molecule has 0 saturated carbocycles. The minimum atomic E-state index is -1.15. The number of fused-ring (bicyclic) bond motifs is 8. The minimum absolute atomic E-state index is 0.191. The maximum atomic E-state index is 14.5. The number of imide groups is 1. The van der Waals surface area contributed by atoms with E-state index in [-0.39, 0.29) is 29.3 Å². The van der Waals surface area contributed by atoms with E-state index < -0.39 is 17.4 Å². The second-order valence-corrected chi connectivity index (χ2v) is 11.0. The van der Waals surface area contributed by atoms with Crippen molar-refractivity contribution in [2.45, 2.75) is 31.8 Å². The number of aromatic nitrogens is 2. The van der Waals surface area contributed by atoms with E-state index in [1.54, 1.807) is 28.8 Å². The van der Waals surface area contributed by atoms with Crippen LogP contribution in [0.15, 0.2) is 77.6 Å². The maximum Gasteiger partial charge on any atom is 0.266 e. The van der Waals surface area contributed by atoms with Crippen LogP contribution >= 0.6 is 0 Å². The molecule has 2 saturated heterocycles. The maximum absolute atomic E-state index is 14.5. The predicted molar refractivity (Wildman–Crippen MR) is 147 cm³/mol. The SMILES string of the molecule is COc1ccccc1N1C(=O)C2C(CC(C)C)NC3(c4ccccc4-n4c3nc3ccccc3c4=O)C2C1=O. The zero-order chi connectivity index (χ0) is 27.1. The van der Waals surface area contributed by atoms with Crippen LogP contribution in [-0.2, 0) is 15.1 Å². The lowest BCUT2D eigenvalue weighted by Crippen LogP contribution is -2.50. The highest BCUT2D eigenvalue weighted by molar-refractivity contribution is 6.24. The lowest BCUT2D eigenvalue weighted by atomic mass is 9.75. The van der Waals surface area contributed by atoms with E-state index in [1.807, 2.05) is 48.5 Å². The standard InChI is InChI=1S/C31H28N4O4/c1-17(2)16-21-25-26(29(38)34(28(25)37)23-14-8-9-15-24(23)39-3)31(33-21)19-11-5-7-13-22(19)35-27(36)18-10-4-6-12-20(18)32-30(31)35/h4-15,17,21,25-26,33H,16H2,1-3H3. The Morgan fingerprint density at radius 1 is 0.923 bits per heavy atom. The molecule has 2 amide bonds. The third-order valence-corrected chi connectivity index (χ3v) is 8.41. The van der Waals surface area contributed by atoms with Crippen LogP contribution < -0.4 is 20.5 Å². The van der Waals surface area contributed by atoms with E-state index >= 15 is 0 Å². The molecule has 8 heteroatoms. The van der Waals surface area contributed by atoms with Gasteiger partial charge in [-0.3, -0.25) is 24.3 Å². The van der Waals surface area contributed by atoms with E-state index in [1.165, 1.54) is 12.0 Å². The molecule has 3 aliphatic rings. The van der Waals surface area contributed by atoms with Crippen LogP contribution in [0.1, 0.15) is 31.7 Å². The Hall–Kier alpha value is -4.30. The number of para-hydroxylation sites is 4. The Morgan fingerprint density at radius 2 is 1.62 bits per heavy atom. The summed E-state index contributed by atoms with van der Waals surface area (Å²) in [5.41, 5.74) is 1.12. The van der Waals surface area contributed by atoms with Crippen molar-refractivity contribution in [3.05, 3.63) is 94.5 Å². The smallest absolute Gasteiger partial charge is 0.266 e. The number of nitrogens with one attached hydrogen (secondary N) is 1. The number of nitrogens with zero attached hydrogens (tertiary/aromatic N) is 3. The van der Waals surface area contributed by atoms with Gasteiger partial charge in [-0.05, 0) is 42.7 Å². The number of carbonyl (C=O) groups excluding carboxylic acids is 2. The molecule has 39 heavy (non-hydrogen) atoms. The molecular formula is C31H28N4O4. The average Bonchev–Trinajstić information content (AvgIpc) is 3.51. The van der Waals surface area contributed by atoms with E-state index in [9.17, 15) is 14.4 Å². The molecule has 1 aromatic heterocycles. The summed E-state index contributed by atoms with van der Waals surface area (Å²) in [6, 6.07) is 21.7. The Kier molecular flexibility index (Phi) is 5.09. The number of methoxy groups -OCH3 is 1. The second kappa shape index (κ2) is 8.35. The monoisotopic (exact) mass is 520 g/mol. The summed E-state index contributed by atoms with van der Waals surface area (Å²) in [5.74, 6) is -0.826. The number of benzene rings is 3. The van der Waals surface area contributed by atoms with Crippen LogP contribution in [0.4, 0.5) is 5.69 Å². The van der Waals surface area contributed by atoms with Crippen LogP contribution in [0.25, 0.3) is 16.6 Å². The van der Waals surface area contributed by atoms with Gasteiger partial charge in [-0.25, -0.2) is 9.88 Å². The second-order valence-electron chi connectivity index (χ2n) is 11.0. The zero-order valence-electron chi connectivity index (χ0n) is 21.9. The first kappa shape index (κ1) is 23.8. The van der Waals surface area contributed by atoms with Crippen LogP contribution in [0.3, 0.4) is 0 Å². The number of hydrogen-bond donors (Lipinski definition) is 1. The normalized spacial score (nSPS) is 25.0. The molecule has 2 fully saturated rings. The van der Waals surface area contributed by atoms with Crippen LogP contribution in [0, 0.1) is 17.8 Å². The van der Waals surface area contributed by atoms with Crippen molar-refractivity contribution in [3.63, 3.8) is 0 Å². The van der Waals surface area contributed by atoms with E-state index in [0.29, 0.717) is 40.3 Å². The lowest BCUT2D eigenvalue weighted by molar-refractivity contribution is -0.123. The summed E-state index contributed by atoms with van der Waals surface area (Å²) >= 11 is 0. The Balaban J connectivity index is 1.52. The quantitative estimate of drug-likeness (QED) is 0.412. The average molecular weight is 521 g/mol. The van der Waals surface area contributed by atoms with Crippen molar-refractivity contribution in [2.24, 2.45) is 17.8 Å². The number of ether oxygens (including phenoxy) is 1. The van der Waals surface area contributed by atoms with Crippen molar-refractivity contribution >= 4 is 28.4 Å². The fourth-order valence-electron chi connectivity index (χ4n) is 6.98. The molecule has 1 spiro atoms. The van der Waals surface area contributed by atoms with Crippen molar-refractivity contribution < 1.29 is 14.3 Å². The largest absolute Gasteiger partial charge is 0.495 e. The molecule has 3 aromatic carbocycles. The van der Waals surface area contributed by atoms with Gasteiger partial charge < -0.3 is 4.74 Å². The van der Waals surface area contributed by atoms with E-state index in [0.717, 1.165) is 5.56 Å². The number of rotatable bonds is 4. The molecule has 1 N–H and O–H groups in total. The van der Waals surface area contributed by atoms with Crippen molar-refractivity contribution in [1.29, 1.82) is 0 Å². The Labute approximate surface area is 225 Å². The molecule has 3 aliphatic heterocycles. The van der Waals surface area contributed by atoms with Gasteiger partial charge in [0.1, 0.15) is 17.1 Å². The first-order valence-corrected chi connectivity index (χ1v) is 13.3. The third kappa shape index (κ3) is 3.03. The van der Waals surface area contributed by atoms with E-state index in [4.69, 9.17) is 9.72 Å². The Morgan fingerprint density at radius 3 is 2.38 bits per heavy atom. The first-order chi connectivity index (χ1) is 18.9. The van der Waals surface area contributed by atoms with Crippen molar-refractivity contribution in [2.75, 3.05) is 12.0 Å². The van der Waals surface area contributed by atoms with Gasteiger partial charge in [-0.1, -0.05) is 56.3 Å². The van der Waals surface area contributed by atoms with Gasteiger partial charge in [0.25, 0.3) is 5.56 Å². The molecule has 4 atom stereocenters. The fourth-order valence-corrected chi connectivity index (χ4v) is 6.98. The van der Waals surface area contributed by atoms with E-state index in [2.05, 4.69) is 19.2 Å². The topological polar surface area (TPSA) is 93.5 Å².